The minimum absolute atomic E-state index is 0.00727. The SMILES string of the molecule is CC(C)(C)C1CCC2(CC1)NC(=O)N(CN1CCN(S(=O)(=O)c3ccccc3C#N)CC1)C2=O. The van der Waals surface area contributed by atoms with Gasteiger partial charge in [-0.2, -0.15) is 9.57 Å². The molecule has 1 N–H and O–H groups in total. The van der Waals surface area contributed by atoms with Gasteiger partial charge in [-0.3, -0.25) is 9.69 Å². The van der Waals surface area contributed by atoms with E-state index in [2.05, 4.69) is 26.1 Å². The van der Waals surface area contributed by atoms with E-state index in [-0.39, 0.29) is 47.6 Å². The van der Waals surface area contributed by atoms with Crippen LogP contribution in [0.4, 0.5) is 4.79 Å². The summed E-state index contributed by atoms with van der Waals surface area (Å²) in [5, 5.41) is 12.2. The van der Waals surface area contributed by atoms with Crippen LogP contribution in [-0.4, -0.2) is 72.8 Å². The van der Waals surface area contributed by atoms with Gasteiger partial charge in [-0.15, -0.1) is 0 Å². The highest BCUT2D eigenvalue weighted by Gasteiger charge is 2.53. The molecule has 3 amide bonds. The molecule has 1 saturated carbocycles. The molecular formula is C24H33N5O4S. The molecule has 2 heterocycles. The predicted octanol–water partition coefficient (Wildman–Crippen LogP) is 2.35. The largest absolute Gasteiger partial charge is 0.326 e. The van der Waals surface area contributed by atoms with E-state index >= 15 is 0 Å². The van der Waals surface area contributed by atoms with Crippen molar-refractivity contribution in [2.75, 3.05) is 32.8 Å². The molecule has 1 aromatic rings. The minimum atomic E-state index is -3.79. The molecule has 9 nitrogen and oxygen atoms in total. The Morgan fingerprint density at radius 3 is 2.29 bits per heavy atom. The Kier molecular flexibility index (Phi) is 6.48. The van der Waals surface area contributed by atoms with Crippen molar-refractivity contribution < 1.29 is 18.0 Å². The van der Waals surface area contributed by atoms with Gasteiger partial charge >= 0.3 is 6.03 Å². The lowest BCUT2D eigenvalue weighted by Gasteiger charge is -2.40. The third-order valence-corrected chi connectivity index (χ3v) is 9.56. The van der Waals surface area contributed by atoms with Crippen LogP contribution in [0, 0.1) is 22.7 Å². The average molecular weight is 488 g/mol. The molecule has 1 aromatic carbocycles. The van der Waals surface area contributed by atoms with Crippen LogP contribution in [0.25, 0.3) is 0 Å². The zero-order chi connectivity index (χ0) is 24.7. The number of nitriles is 1. The van der Waals surface area contributed by atoms with Crippen molar-refractivity contribution >= 4 is 22.0 Å². The van der Waals surface area contributed by atoms with Crippen molar-refractivity contribution in [3.8, 4) is 6.07 Å². The number of nitrogens with one attached hydrogen (secondary N) is 1. The molecule has 0 atom stereocenters. The summed E-state index contributed by atoms with van der Waals surface area (Å²) in [4.78, 5) is 29.2. The Morgan fingerprint density at radius 2 is 1.71 bits per heavy atom. The molecule has 34 heavy (non-hydrogen) atoms. The highest BCUT2D eigenvalue weighted by atomic mass is 32.2. The zero-order valence-electron chi connectivity index (χ0n) is 20.1. The number of sulfonamides is 1. The molecule has 2 aliphatic heterocycles. The summed E-state index contributed by atoms with van der Waals surface area (Å²) < 4.78 is 27.5. The summed E-state index contributed by atoms with van der Waals surface area (Å²) in [5.41, 5.74) is -0.498. The van der Waals surface area contributed by atoms with Crippen molar-refractivity contribution in [1.82, 2.24) is 19.4 Å². The minimum Gasteiger partial charge on any atom is -0.323 e. The van der Waals surface area contributed by atoms with Gasteiger partial charge in [-0.05, 0) is 49.1 Å². The van der Waals surface area contributed by atoms with E-state index in [0.29, 0.717) is 31.8 Å². The fraction of sp³-hybridized carbons (Fsp3) is 0.625. The number of carbonyl (C=O) groups excluding carboxylic acids is 2. The van der Waals surface area contributed by atoms with Crippen LogP contribution in [-0.2, 0) is 14.8 Å². The van der Waals surface area contributed by atoms with Crippen molar-refractivity contribution in [1.29, 1.82) is 5.26 Å². The average Bonchev–Trinajstić information content (AvgIpc) is 3.03. The number of carbonyl (C=O) groups is 2. The van der Waals surface area contributed by atoms with Gasteiger partial charge in [-0.25, -0.2) is 18.1 Å². The number of hydrogen-bond donors (Lipinski definition) is 1. The molecule has 4 rings (SSSR count). The van der Waals surface area contributed by atoms with E-state index in [4.69, 9.17) is 0 Å². The number of urea groups is 1. The lowest BCUT2D eigenvalue weighted by atomic mass is 9.67. The second-order valence-electron chi connectivity index (χ2n) is 10.7. The highest BCUT2D eigenvalue weighted by Crippen LogP contribution is 2.43. The van der Waals surface area contributed by atoms with Gasteiger partial charge in [0.15, 0.2) is 0 Å². The summed E-state index contributed by atoms with van der Waals surface area (Å²) in [5.74, 6) is 0.362. The fourth-order valence-electron chi connectivity index (χ4n) is 5.35. The van der Waals surface area contributed by atoms with Crippen molar-refractivity contribution in [2.45, 2.75) is 56.9 Å². The predicted molar refractivity (Wildman–Crippen MR) is 126 cm³/mol. The van der Waals surface area contributed by atoms with Crippen LogP contribution in [0.5, 0.6) is 0 Å². The molecule has 2 saturated heterocycles. The first-order chi connectivity index (χ1) is 16.0. The van der Waals surface area contributed by atoms with Gasteiger partial charge in [-0.1, -0.05) is 32.9 Å². The highest BCUT2D eigenvalue weighted by molar-refractivity contribution is 7.89. The second kappa shape index (κ2) is 8.95. The Labute approximate surface area is 201 Å². The Balaban J connectivity index is 1.37. The molecule has 0 unspecified atom stereocenters. The van der Waals surface area contributed by atoms with Crippen LogP contribution in [0.3, 0.4) is 0 Å². The molecular weight excluding hydrogens is 454 g/mol. The van der Waals surface area contributed by atoms with Crippen LogP contribution < -0.4 is 5.32 Å². The topological polar surface area (TPSA) is 114 Å². The van der Waals surface area contributed by atoms with Crippen LogP contribution in [0.2, 0.25) is 0 Å². The summed E-state index contributed by atoms with van der Waals surface area (Å²) in [6.07, 6.45) is 3.12. The Hall–Kier alpha value is -2.48. The number of nitrogens with zero attached hydrogens (tertiary/aromatic N) is 4. The van der Waals surface area contributed by atoms with Crippen molar-refractivity contribution in [3.63, 3.8) is 0 Å². The quantitative estimate of drug-likeness (QED) is 0.652. The first kappa shape index (κ1) is 24.6. The Bertz CT molecular complexity index is 1100. The molecule has 10 heteroatoms. The maximum atomic E-state index is 13.3. The lowest BCUT2D eigenvalue weighted by molar-refractivity contribution is -0.134. The first-order valence-corrected chi connectivity index (χ1v) is 13.3. The maximum Gasteiger partial charge on any atom is 0.326 e. The number of amides is 3. The molecule has 0 aromatic heterocycles. The summed E-state index contributed by atoms with van der Waals surface area (Å²) in [6.45, 7) is 8.04. The smallest absolute Gasteiger partial charge is 0.323 e. The molecule has 1 aliphatic carbocycles. The van der Waals surface area contributed by atoms with Gasteiger partial charge in [0.2, 0.25) is 10.0 Å². The molecule has 3 fully saturated rings. The molecule has 0 bridgehead atoms. The number of rotatable bonds is 4. The number of benzene rings is 1. The van der Waals surface area contributed by atoms with Gasteiger partial charge in [0, 0.05) is 26.2 Å². The van der Waals surface area contributed by atoms with Gasteiger partial charge in [0.1, 0.15) is 11.6 Å². The van der Waals surface area contributed by atoms with E-state index in [1.165, 1.54) is 21.3 Å². The maximum absolute atomic E-state index is 13.3. The normalized spacial score (nSPS) is 27.1. The number of hydrogen-bond acceptors (Lipinski definition) is 6. The third-order valence-electron chi connectivity index (χ3n) is 7.61. The second-order valence-corrected chi connectivity index (χ2v) is 12.6. The fourth-order valence-corrected chi connectivity index (χ4v) is 6.92. The number of piperazine rings is 1. The van der Waals surface area contributed by atoms with Gasteiger partial charge in [0.05, 0.1) is 17.1 Å². The summed E-state index contributed by atoms with van der Waals surface area (Å²) in [7, 11) is -3.79. The summed E-state index contributed by atoms with van der Waals surface area (Å²) >= 11 is 0. The van der Waals surface area contributed by atoms with E-state index in [9.17, 15) is 23.3 Å². The van der Waals surface area contributed by atoms with E-state index in [1.54, 1.807) is 12.1 Å². The van der Waals surface area contributed by atoms with E-state index < -0.39 is 15.6 Å². The van der Waals surface area contributed by atoms with E-state index in [1.807, 2.05) is 11.0 Å². The molecule has 3 aliphatic rings. The van der Waals surface area contributed by atoms with Gasteiger partial charge < -0.3 is 5.32 Å². The Morgan fingerprint density at radius 1 is 1.09 bits per heavy atom. The molecule has 1 spiro atoms. The van der Waals surface area contributed by atoms with Gasteiger partial charge in [0.25, 0.3) is 5.91 Å². The third kappa shape index (κ3) is 4.44. The molecule has 0 radical (unpaired) electrons. The zero-order valence-corrected chi connectivity index (χ0v) is 20.9. The number of imide groups is 1. The standard InChI is InChI=1S/C24H33N5O4S/c1-23(2,3)19-8-10-24(11-9-19)21(30)29(22(31)26-24)17-27-12-14-28(15-13-27)34(32,33)20-7-5-4-6-18(20)16-25/h4-7,19H,8-15,17H2,1-3H3,(H,26,31). The van der Waals surface area contributed by atoms with E-state index in [0.717, 1.165) is 12.8 Å². The first-order valence-electron chi connectivity index (χ1n) is 11.8. The van der Waals surface area contributed by atoms with Crippen molar-refractivity contribution in [2.24, 2.45) is 11.3 Å². The van der Waals surface area contributed by atoms with Crippen LogP contribution >= 0.6 is 0 Å². The lowest BCUT2D eigenvalue weighted by Crippen LogP contribution is -2.53. The van der Waals surface area contributed by atoms with Crippen LogP contribution in [0.1, 0.15) is 52.0 Å². The monoisotopic (exact) mass is 487 g/mol. The summed E-state index contributed by atoms with van der Waals surface area (Å²) in [6, 6.07) is 7.75. The molecule has 184 valence electrons. The van der Waals surface area contributed by atoms with Crippen LogP contribution in [0.15, 0.2) is 29.2 Å². The van der Waals surface area contributed by atoms with Crippen molar-refractivity contribution in [3.05, 3.63) is 29.8 Å².